The molecule has 1 aliphatic heterocycles. The zero-order valence-corrected chi connectivity index (χ0v) is 18.1. The summed E-state index contributed by atoms with van der Waals surface area (Å²) in [6, 6.07) is 10.9. The lowest BCUT2D eigenvalue weighted by Gasteiger charge is -2.27. The van der Waals surface area contributed by atoms with Crippen molar-refractivity contribution in [3.63, 3.8) is 0 Å². The van der Waals surface area contributed by atoms with Gasteiger partial charge in [-0.2, -0.15) is 0 Å². The van der Waals surface area contributed by atoms with Crippen LogP contribution in [0.1, 0.15) is 31.0 Å². The summed E-state index contributed by atoms with van der Waals surface area (Å²) in [5, 5.41) is 11.5. The normalized spacial score (nSPS) is 18.2. The number of hydrogen-bond donors (Lipinski definition) is 1. The van der Waals surface area contributed by atoms with Crippen LogP contribution in [0.4, 0.5) is 0 Å². The van der Waals surface area contributed by atoms with Gasteiger partial charge in [0.25, 0.3) is 11.7 Å². The molecule has 0 aromatic heterocycles. The minimum atomic E-state index is -0.747. The molecule has 7 heteroatoms. The molecule has 0 saturated carbocycles. The monoisotopic (exact) mass is 429 g/mol. The fourth-order valence-corrected chi connectivity index (χ4v) is 3.72. The van der Waals surface area contributed by atoms with Crippen molar-refractivity contribution in [1.29, 1.82) is 0 Å². The number of ether oxygens (including phenoxy) is 2. The molecule has 0 unspecified atom stereocenters. The third-order valence-corrected chi connectivity index (χ3v) is 5.19. The minimum absolute atomic E-state index is 0.0372. The summed E-state index contributed by atoms with van der Waals surface area (Å²) in [4.78, 5) is 27.3. The number of carbonyl (C=O) groups is 2. The zero-order chi connectivity index (χ0) is 22.0. The van der Waals surface area contributed by atoms with Crippen LogP contribution in [0.2, 0.25) is 5.02 Å². The Morgan fingerprint density at radius 2 is 1.70 bits per heavy atom. The van der Waals surface area contributed by atoms with Gasteiger partial charge >= 0.3 is 0 Å². The van der Waals surface area contributed by atoms with E-state index in [2.05, 4.69) is 0 Å². The molecule has 1 heterocycles. The summed E-state index contributed by atoms with van der Waals surface area (Å²) in [5.74, 6) is -0.476. The van der Waals surface area contributed by atoms with Crippen LogP contribution in [-0.4, -0.2) is 42.5 Å². The van der Waals surface area contributed by atoms with E-state index < -0.39 is 17.7 Å². The quantitative estimate of drug-likeness (QED) is 0.417. The van der Waals surface area contributed by atoms with Crippen molar-refractivity contribution < 1.29 is 24.2 Å². The topological polar surface area (TPSA) is 76.1 Å². The number of methoxy groups -OCH3 is 2. The van der Waals surface area contributed by atoms with Crippen LogP contribution in [0, 0.1) is 5.92 Å². The second-order valence-electron chi connectivity index (χ2n) is 7.47. The number of rotatable bonds is 6. The first-order valence-corrected chi connectivity index (χ1v) is 9.92. The van der Waals surface area contributed by atoms with Gasteiger partial charge in [-0.3, -0.25) is 9.59 Å². The molecule has 3 rings (SSSR count). The van der Waals surface area contributed by atoms with Crippen molar-refractivity contribution in [1.82, 2.24) is 4.90 Å². The number of nitrogens with zero attached hydrogens (tertiary/aromatic N) is 1. The standard InChI is InChI=1S/C23H24ClNO5/c1-13(2)12-25-20(15-7-10-17(29-3)18(11-15)30-4)19(22(27)23(25)28)21(26)14-5-8-16(24)9-6-14/h5-11,13,20,26H,12H2,1-4H3/t20-/m1/s1. The first-order chi connectivity index (χ1) is 14.3. The van der Waals surface area contributed by atoms with Gasteiger partial charge in [0.15, 0.2) is 11.5 Å². The number of Topliss-reactive ketones (excluding diaryl/α,β-unsaturated/α-hetero) is 1. The third kappa shape index (κ3) is 4.00. The summed E-state index contributed by atoms with van der Waals surface area (Å²) in [6.45, 7) is 4.29. The molecule has 1 amide bonds. The number of amides is 1. The van der Waals surface area contributed by atoms with Gasteiger partial charge in [0.05, 0.1) is 25.8 Å². The predicted octanol–water partition coefficient (Wildman–Crippen LogP) is 4.43. The Morgan fingerprint density at radius 3 is 2.27 bits per heavy atom. The molecule has 0 spiro atoms. The van der Waals surface area contributed by atoms with Crippen LogP contribution in [0.3, 0.4) is 0 Å². The minimum Gasteiger partial charge on any atom is -0.507 e. The van der Waals surface area contributed by atoms with Gasteiger partial charge in [0.1, 0.15) is 5.76 Å². The number of likely N-dealkylation sites (tertiary alicyclic amines) is 1. The van der Waals surface area contributed by atoms with Crippen LogP contribution in [0.25, 0.3) is 5.76 Å². The van der Waals surface area contributed by atoms with Crippen LogP contribution in [-0.2, 0) is 9.59 Å². The second-order valence-corrected chi connectivity index (χ2v) is 7.90. The molecule has 1 saturated heterocycles. The number of ketones is 1. The van der Waals surface area contributed by atoms with Crippen molar-refractivity contribution in [3.05, 3.63) is 64.2 Å². The molecular formula is C23H24ClNO5. The highest BCUT2D eigenvalue weighted by atomic mass is 35.5. The Bertz CT molecular complexity index is 997. The predicted molar refractivity (Wildman–Crippen MR) is 115 cm³/mol. The van der Waals surface area contributed by atoms with E-state index in [4.69, 9.17) is 21.1 Å². The van der Waals surface area contributed by atoms with E-state index in [1.54, 1.807) is 42.5 Å². The van der Waals surface area contributed by atoms with Gasteiger partial charge in [0, 0.05) is 17.1 Å². The van der Waals surface area contributed by atoms with E-state index in [1.165, 1.54) is 19.1 Å². The fourth-order valence-electron chi connectivity index (χ4n) is 3.59. The molecule has 1 atom stereocenters. The number of benzene rings is 2. The summed E-state index contributed by atoms with van der Waals surface area (Å²) in [5.41, 5.74) is 1.09. The molecule has 30 heavy (non-hydrogen) atoms. The van der Waals surface area contributed by atoms with E-state index >= 15 is 0 Å². The van der Waals surface area contributed by atoms with E-state index in [0.717, 1.165) is 0 Å². The number of aliphatic hydroxyl groups is 1. The van der Waals surface area contributed by atoms with Crippen molar-refractivity contribution in [3.8, 4) is 11.5 Å². The van der Waals surface area contributed by atoms with Crippen LogP contribution >= 0.6 is 11.6 Å². The first kappa shape index (κ1) is 21.7. The van der Waals surface area contributed by atoms with Crippen molar-refractivity contribution in [2.45, 2.75) is 19.9 Å². The Morgan fingerprint density at radius 1 is 1.07 bits per heavy atom. The molecule has 0 radical (unpaired) electrons. The highest BCUT2D eigenvalue weighted by molar-refractivity contribution is 6.46. The summed E-state index contributed by atoms with van der Waals surface area (Å²) < 4.78 is 10.7. The largest absolute Gasteiger partial charge is 0.507 e. The van der Waals surface area contributed by atoms with Crippen molar-refractivity contribution >= 4 is 29.1 Å². The number of halogens is 1. The lowest BCUT2D eigenvalue weighted by atomic mass is 9.94. The number of hydrogen-bond acceptors (Lipinski definition) is 5. The molecule has 0 bridgehead atoms. The van der Waals surface area contributed by atoms with E-state index in [1.807, 2.05) is 13.8 Å². The Labute approximate surface area is 180 Å². The molecule has 1 aliphatic rings. The van der Waals surface area contributed by atoms with Crippen LogP contribution in [0.15, 0.2) is 48.0 Å². The van der Waals surface area contributed by atoms with Gasteiger partial charge < -0.3 is 19.5 Å². The van der Waals surface area contributed by atoms with Gasteiger partial charge in [-0.25, -0.2) is 0 Å². The lowest BCUT2D eigenvalue weighted by molar-refractivity contribution is -0.140. The number of aliphatic hydroxyl groups excluding tert-OH is 1. The summed E-state index contributed by atoms with van der Waals surface area (Å²) in [7, 11) is 3.04. The molecule has 2 aromatic rings. The van der Waals surface area contributed by atoms with Crippen molar-refractivity contribution in [2.75, 3.05) is 20.8 Å². The van der Waals surface area contributed by atoms with Crippen molar-refractivity contribution in [2.24, 2.45) is 5.92 Å². The van der Waals surface area contributed by atoms with Gasteiger partial charge in [-0.05, 0) is 47.9 Å². The average molecular weight is 430 g/mol. The maximum atomic E-state index is 12.9. The Hall–Kier alpha value is -2.99. The third-order valence-electron chi connectivity index (χ3n) is 4.94. The van der Waals surface area contributed by atoms with Crippen LogP contribution < -0.4 is 9.47 Å². The maximum Gasteiger partial charge on any atom is 0.295 e. The second kappa shape index (κ2) is 8.79. The van der Waals surface area contributed by atoms with E-state index in [-0.39, 0.29) is 17.3 Å². The maximum absolute atomic E-state index is 12.9. The fraction of sp³-hybridized carbons (Fsp3) is 0.304. The Kier molecular flexibility index (Phi) is 6.37. The van der Waals surface area contributed by atoms with Gasteiger partial charge in [-0.1, -0.05) is 31.5 Å². The summed E-state index contributed by atoms with van der Waals surface area (Å²) in [6.07, 6.45) is 0. The van der Waals surface area contributed by atoms with E-state index in [9.17, 15) is 14.7 Å². The smallest absolute Gasteiger partial charge is 0.295 e. The average Bonchev–Trinajstić information content (AvgIpc) is 2.97. The highest BCUT2D eigenvalue weighted by Crippen LogP contribution is 2.42. The molecule has 1 fully saturated rings. The molecular weight excluding hydrogens is 406 g/mol. The molecule has 2 aromatic carbocycles. The van der Waals surface area contributed by atoms with E-state index in [0.29, 0.717) is 34.2 Å². The highest BCUT2D eigenvalue weighted by Gasteiger charge is 2.46. The Balaban J connectivity index is 2.21. The first-order valence-electron chi connectivity index (χ1n) is 9.54. The molecule has 0 aliphatic carbocycles. The summed E-state index contributed by atoms with van der Waals surface area (Å²) >= 11 is 5.94. The lowest BCUT2D eigenvalue weighted by Crippen LogP contribution is -2.33. The van der Waals surface area contributed by atoms with Gasteiger partial charge in [-0.15, -0.1) is 0 Å². The molecule has 1 N–H and O–H groups in total. The van der Waals surface area contributed by atoms with Gasteiger partial charge in [0.2, 0.25) is 0 Å². The molecule has 158 valence electrons. The molecule has 6 nitrogen and oxygen atoms in total. The number of carbonyl (C=O) groups excluding carboxylic acids is 2. The zero-order valence-electron chi connectivity index (χ0n) is 17.3. The SMILES string of the molecule is COc1ccc([C@@H]2C(=C(O)c3ccc(Cl)cc3)C(=O)C(=O)N2CC(C)C)cc1OC. The van der Waals surface area contributed by atoms with Crippen LogP contribution in [0.5, 0.6) is 11.5 Å².